The molecule has 0 amide bonds. The van der Waals surface area contributed by atoms with Gasteiger partial charge in [0.05, 0.1) is 13.7 Å². The number of carbonyl (C=O) groups excluding carboxylic acids is 2. The predicted molar refractivity (Wildman–Crippen MR) is 112 cm³/mol. The molecule has 0 aliphatic heterocycles. The first kappa shape index (κ1) is 20.9. The highest BCUT2D eigenvalue weighted by Gasteiger charge is 2.18. The van der Waals surface area contributed by atoms with Gasteiger partial charge in [-0.2, -0.15) is 0 Å². The summed E-state index contributed by atoms with van der Waals surface area (Å²) in [5.74, 6) is -1.20. The maximum atomic E-state index is 12.6. The van der Waals surface area contributed by atoms with E-state index in [1.807, 2.05) is 0 Å². The quantitative estimate of drug-likeness (QED) is 0.263. The number of methoxy groups -OCH3 is 1. The molecule has 0 saturated heterocycles. The van der Waals surface area contributed by atoms with Gasteiger partial charge in [-0.1, -0.05) is 0 Å². The molecule has 0 atom stereocenters. The molecule has 0 aliphatic carbocycles. The Hall–Kier alpha value is -4.40. The van der Waals surface area contributed by atoms with Crippen LogP contribution in [0.15, 0.2) is 67.0 Å². The Morgan fingerprint density at radius 3 is 1.88 bits per heavy atom. The second kappa shape index (κ2) is 8.38. The van der Waals surface area contributed by atoms with Crippen molar-refractivity contribution in [3.8, 4) is 11.5 Å². The number of benzene rings is 2. The summed E-state index contributed by atoms with van der Waals surface area (Å²) in [5.41, 5.74) is -1.95. The molecule has 0 saturated carbocycles. The maximum Gasteiger partial charge on any atom is 0.351 e. The Kier molecular flexibility index (Phi) is 5.46. The SMILES string of the molecule is CCOC(=O)c1cc2ccc(OC(=O)c3cc4ccc(OC)cc4oc3=O)cc2oc1=O. The Labute approximate surface area is 179 Å². The molecular weight excluding hydrogens is 420 g/mol. The van der Waals surface area contributed by atoms with E-state index in [4.69, 9.17) is 23.0 Å². The van der Waals surface area contributed by atoms with Gasteiger partial charge in [0.25, 0.3) is 0 Å². The van der Waals surface area contributed by atoms with Crippen LogP contribution in [0.3, 0.4) is 0 Å². The van der Waals surface area contributed by atoms with Crippen molar-refractivity contribution in [3.05, 3.63) is 80.5 Å². The predicted octanol–water partition coefficient (Wildman–Crippen LogP) is 3.30. The molecule has 0 unspecified atom stereocenters. The van der Waals surface area contributed by atoms with Crippen molar-refractivity contribution in [2.75, 3.05) is 13.7 Å². The largest absolute Gasteiger partial charge is 0.497 e. The summed E-state index contributed by atoms with van der Waals surface area (Å²) in [4.78, 5) is 48.7. The number of hydrogen-bond acceptors (Lipinski definition) is 9. The third-order valence-corrected chi connectivity index (χ3v) is 4.58. The van der Waals surface area contributed by atoms with Crippen molar-refractivity contribution in [3.63, 3.8) is 0 Å². The summed E-state index contributed by atoms with van der Waals surface area (Å²) in [6, 6.07) is 11.8. The fourth-order valence-corrected chi connectivity index (χ4v) is 3.03. The molecule has 0 N–H and O–H groups in total. The van der Waals surface area contributed by atoms with Crippen LogP contribution in [-0.2, 0) is 4.74 Å². The highest BCUT2D eigenvalue weighted by atomic mass is 16.5. The van der Waals surface area contributed by atoms with Gasteiger partial charge < -0.3 is 23.0 Å². The molecule has 0 fully saturated rings. The van der Waals surface area contributed by atoms with Gasteiger partial charge in [0.2, 0.25) is 0 Å². The molecule has 4 rings (SSSR count). The monoisotopic (exact) mass is 436 g/mol. The lowest BCUT2D eigenvalue weighted by molar-refractivity contribution is 0.0521. The van der Waals surface area contributed by atoms with Gasteiger partial charge in [-0.15, -0.1) is 0 Å². The second-order valence-electron chi connectivity index (χ2n) is 6.61. The first-order chi connectivity index (χ1) is 15.4. The fourth-order valence-electron chi connectivity index (χ4n) is 3.03. The summed E-state index contributed by atoms with van der Waals surface area (Å²) in [6.45, 7) is 1.73. The van der Waals surface area contributed by atoms with Crippen LogP contribution in [0.2, 0.25) is 0 Å². The number of ether oxygens (including phenoxy) is 3. The van der Waals surface area contributed by atoms with Gasteiger partial charge in [0.1, 0.15) is 33.8 Å². The first-order valence-corrected chi connectivity index (χ1v) is 9.48. The average molecular weight is 436 g/mol. The zero-order valence-electron chi connectivity index (χ0n) is 17.0. The van der Waals surface area contributed by atoms with Crippen LogP contribution < -0.4 is 20.7 Å². The Balaban J connectivity index is 1.64. The summed E-state index contributed by atoms with van der Waals surface area (Å²) in [7, 11) is 1.48. The normalized spacial score (nSPS) is 10.8. The van der Waals surface area contributed by atoms with E-state index in [0.717, 1.165) is 0 Å². The van der Waals surface area contributed by atoms with Crippen molar-refractivity contribution in [2.45, 2.75) is 6.92 Å². The maximum absolute atomic E-state index is 12.6. The van der Waals surface area contributed by atoms with E-state index in [1.165, 1.54) is 43.5 Å². The summed E-state index contributed by atoms with van der Waals surface area (Å²) in [5, 5.41) is 0.931. The van der Waals surface area contributed by atoms with Gasteiger partial charge in [-0.25, -0.2) is 19.2 Å². The molecule has 2 aromatic heterocycles. The zero-order chi connectivity index (χ0) is 22.8. The van der Waals surface area contributed by atoms with Crippen LogP contribution in [0.4, 0.5) is 0 Å². The molecule has 9 nitrogen and oxygen atoms in total. The van der Waals surface area contributed by atoms with E-state index >= 15 is 0 Å². The number of hydrogen-bond donors (Lipinski definition) is 0. The molecule has 162 valence electrons. The third-order valence-electron chi connectivity index (χ3n) is 4.58. The van der Waals surface area contributed by atoms with Gasteiger partial charge in [0, 0.05) is 22.9 Å². The topological polar surface area (TPSA) is 122 Å². The molecular formula is C23H16O9. The third kappa shape index (κ3) is 3.95. The number of fused-ring (bicyclic) bond motifs is 2. The van der Waals surface area contributed by atoms with Crippen molar-refractivity contribution < 1.29 is 32.6 Å². The van der Waals surface area contributed by atoms with Crippen LogP contribution in [-0.4, -0.2) is 25.7 Å². The molecule has 0 bridgehead atoms. The van der Waals surface area contributed by atoms with Crippen LogP contribution in [0.25, 0.3) is 21.9 Å². The van der Waals surface area contributed by atoms with Crippen molar-refractivity contribution >= 4 is 33.9 Å². The molecule has 0 radical (unpaired) electrons. The molecule has 0 aliphatic rings. The lowest BCUT2D eigenvalue weighted by Gasteiger charge is -2.07. The van der Waals surface area contributed by atoms with Crippen LogP contribution >= 0.6 is 0 Å². The zero-order valence-corrected chi connectivity index (χ0v) is 17.0. The van der Waals surface area contributed by atoms with E-state index in [-0.39, 0.29) is 34.6 Å². The first-order valence-electron chi connectivity index (χ1n) is 9.48. The van der Waals surface area contributed by atoms with E-state index in [2.05, 4.69) is 0 Å². The Morgan fingerprint density at radius 1 is 0.781 bits per heavy atom. The highest BCUT2D eigenvalue weighted by molar-refractivity contribution is 5.95. The lowest BCUT2D eigenvalue weighted by Crippen LogP contribution is -2.19. The average Bonchev–Trinajstić information content (AvgIpc) is 2.77. The minimum atomic E-state index is -0.943. The van der Waals surface area contributed by atoms with E-state index in [1.54, 1.807) is 19.1 Å². The molecule has 2 heterocycles. The Morgan fingerprint density at radius 2 is 1.31 bits per heavy atom. The van der Waals surface area contributed by atoms with Gasteiger partial charge in [0.15, 0.2) is 0 Å². The van der Waals surface area contributed by atoms with Gasteiger partial charge >= 0.3 is 23.2 Å². The van der Waals surface area contributed by atoms with E-state index < -0.39 is 23.2 Å². The van der Waals surface area contributed by atoms with Gasteiger partial charge in [-0.05, 0) is 43.3 Å². The van der Waals surface area contributed by atoms with Crippen LogP contribution in [0.5, 0.6) is 11.5 Å². The van der Waals surface area contributed by atoms with Crippen molar-refractivity contribution in [1.29, 1.82) is 0 Å². The number of rotatable bonds is 5. The molecule has 0 spiro atoms. The molecule has 4 aromatic rings. The smallest absolute Gasteiger partial charge is 0.351 e. The standard InChI is InChI=1S/C23H16O9/c1-3-29-20(24)16-8-13-5-7-15(11-19(13)32-22(16)26)30-21(25)17-9-12-4-6-14(28-2)10-18(12)31-23(17)27/h4-11H,3H2,1-2H3. The van der Waals surface area contributed by atoms with Crippen LogP contribution in [0, 0.1) is 0 Å². The highest BCUT2D eigenvalue weighted by Crippen LogP contribution is 2.23. The second-order valence-corrected chi connectivity index (χ2v) is 6.61. The molecule has 2 aromatic carbocycles. The van der Waals surface area contributed by atoms with Crippen molar-refractivity contribution in [1.82, 2.24) is 0 Å². The summed E-state index contributed by atoms with van der Waals surface area (Å²) < 4.78 is 25.5. The van der Waals surface area contributed by atoms with Crippen molar-refractivity contribution in [2.24, 2.45) is 0 Å². The fraction of sp³-hybridized carbons (Fsp3) is 0.130. The number of carbonyl (C=O) groups is 2. The summed E-state index contributed by atoms with van der Waals surface area (Å²) >= 11 is 0. The van der Waals surface area contributed by atoms with Gasteiger partial charge in [-0.3, -0.25) is 0 Å². The molecule has 32 heavy (non-hydrogen) atoms. The minimum Gasteiger partial charge on any atom is -0.497 e. The van der Waals surface area contributed by atoms with E-state index in [0.29, 0.717) is 16.5 Å². The van der Waals surface area contributed by atoms with Crippen LogP contribution in [0.1, 0.15) is 27.6 Å². The molecule has 9 heteroatoms. The Bertz CT molecular complexity index is 1480. The minimum absolute atomic E-state index is 0.0313. The number of esters is 2. The lowest BCUT2D eigenvalue weighted by atomic mass is 10.1. The van der Waals surface area contributed by atoms with E-state index in [9.17, 15) is 19.2 Å². The summed E-state index contributed by atoms with van der Waals surface area (Å²) in [6.07, 6.45) is 0.